The topological polar surface area (TPSA) is 70.6 Å². The molecule has 7 heteroatoms. The van der Waals surface area contributed by atoms with Gasteiger partial charge in [-0.05, 0) is 44.8 Å². The van der Waals surface area contributed by atoms with Crippen molar-refractivity contribution in [2.24, 2.45) is 0 Å². The van der Waals surface area contributed by atoms with Crippen molar-refractivity contribution in [1.82, 2.24) is 9.97 Å². The van der Waals surface area contributed by atoms with Crippen molar-refractivity contribution in [3.8, 4) is 0 Å². The largest absolute Gasteiger partial charge is 0.495 e. The third-order valence-corrected chi connectivity index (χ3v) is 5.98. The van der Waals surface area contributed by atoms with Crippen LogP contribution in [0.3, 0.4) is 0 Å². The SMILES string of the molecule is C\C=C/C(Nc1ncc2c(n1)N(C1CCCC1)C(CC)C(=O)N2C)=C(\C=C/CC)OC. The van der Waals surface area contributed by atoms with Crippen LogP contribution in [-0.4, -0.2) is 42.1 Å². The number of carbonyl (C=O) groups is 1. The van der Waals surface area contributed by atoms with E-state index in [1.54, 1.807) is 18.2 Å². The second-order valence-electron chi connectivity index (χ2n) is 7.99. The third-order valence-electron chi connectivity index (χ3n) is 5.98. The summed E-state index contributed by atoms with van der Waals surface area (Å²) >= 11 is 0. The average molecular weight is 426 g/mol. The fourth-order valence-electron chi connectivity index (χ4n) is 4.41. The van der Waals surface area contributed by atoms with E-state index in [0.717, 1.165) is 42.9 Å². The smallest absolute Gasteiger partial charge is 0.249 e. The Balaban J connectivity index is 2.04. The van der Waals surface area contributed by atoms with E-state index in [-0.39, 0.29) is 11.9 Å². The fourth-order valence-corrected chi connectivity index (χ4v) is 4.41. The van der Waals surface area contributed by atoms with Crippen molar-refractivity contribution in [3.05, 3.63) is 42.0 Å². The van der Waals surface area contributed by atoms with E-state index in [2.05, 4.69) is 29.0 Å². The highest BCUT2D eigenvalue weighted by Gasteiger charge is 2.41. The summed E-state index contributed by atoms with van der Waals surface area (Å²) in [6.07, 6.45) is 15.9. The molecule has 1 unspecified atom stereocenters. The lowest BCUT2D eigenvalue weighted by atomic mass is 10.0. The molecule has 1 atom stereocenters. The molecular formula is C24H35N5O2. The Morgan fingerprint density at radius 2 is 2.03 bits per heavy atom. The predicted molar refractivity (Wildman–Crippen MR) is 126 cm³/mol. The number of fused-ring (bicyclic) bond motifs is 1. The molecular weight excluding hydrogens is 390 g/mol. The molecule has 2 aliphatic rings. The number of nitrogens with one attached hydrogen (secondary N) is 1. The van der Waals surface area contributed by atoms with Crippen LogP contribution in [0.5, 0.6) is 0 Å². The lowest BCUT2D eigenvalue weighted by molar-refractivity contribution is -0.120. The average Bonchev–Trinajstić information content (AvgIpc) is 3.31. The van der Waals surface area contributed by atoms with Gasteiger partial charge in [-0.2, -0.15) is 4.98 Å². The number of methoxy groups -OCH3 is 1. The molecule has 1 aromatic heterocycles. The summed E-state index contributed by atoms with van der Waals surface area (Å²) in [6, 6.07) is 0.160. The van der Waals surface area contributed by atoms with Gasteiger partial charge in [-0.25, -0.2) is 4.98 Å². The molecule has 1 N–H and O–H groups in total. The maximum Gasteiger partial charge on any atom is 0.249 e. The summed E-state index contributed by atoms with van der Waals surface area (Å²) in [4.78, 5) is 26.4. The van der Waals surface area contributed by atoms with E-state index in [0.29, 0.717) is 17.7 Å². The fraction of sp³-hybridized carbons (Fsp3) is 0.542. The van der Waals surface area contributed by atoms with Crippen LogP contribution in [-0.2, 0) is 9.53 Å². The van der Waals surface area contributed by atoms with Gasteiger partial charge in [0.25, 0.3) is 0 Å². The van der Waals surface area contributed by atoms with Crippen molar-refractivity contribution < 1.29 is 9.53 Å². The van der Waals surface area contributed by atoms with Crippen LogP contribution in [0.25, 0.3) is 0 Å². The minimum atomic E-state index is -0.184. The Morgan fingerprint density at radius 1 is 1.29 bits per heavy atom. The number of aromatic nitrogens is 2. The number of ether oxygens (including phenoxy) is 1. The zero-order valence-electron chi connectivity index (χ0n) is 19.4. The van der Waals surface area contributed by atoms with Gasteiger partial charge in [0.2, 0.25) is 11.9 Å². The second kappa shape index (κ2) is 10.5. The number of likely N-dealkylation sites (N-methyl/N-ethyl adjacent to an activating group) is 1. The number of nitrogens with zero attached hydrogens (tertiary/aromatic N) is 4. The van der Waals surface area contributed by atoms with Crippen molar-refractivity contribution in [2.45, 2.75) is 71.4 Å². The molecule has 0 aromatic carbocycles. The number of amides is 1. The van der Waals surface area contributed by atoms with Crippen LogP contribution < -0.4 is 15.1 Å². The first kappa shape index (κ1) is 22.8. The van der Waals surface area contributed by atoms with Crippen LogP contribution in [0, 0.1) is 0 Å². The summed E-state index contributed by atoms with van der Waals surface area (Å²) in [7, 11) is 3.47. The highest BCUT2D eigenvalue weighted by atomic mass is 16.5. The monoisotopic (exact) mass is 425 g/mol. The van der Waals surface area contributed by atoms with Crippen molar-refractivity contribution in [3.63, 3.8) is 0 Å². The van der Waals surface area contributed by atoms with Gasteiger partial charge in [-0.15, -0.1) is 0 Å². The zero-order chi connectivity index (χ0) is 22.4. The first-order valence-electron chi connectivity index (χ1n) is 11.3. The third kappa shape index (κ3) is 4.75. The Hall–Kier alpha value is -2.83. The van der Waals surface area contributed by atoms with Crippen LogP contribution in [0.1, 0.15) is 59.3 Å². The molecule has 0 bridgehead atoms. The molecule has 1 aliphatic heterocycles. The number of carbonyl (C=O) groups excluding carboxylic acids is 1. The Labute approximate surface area is 185 Å². The van der Waals surface area contributed by atoms with Crippen LogP contribution >= 0.6 is 0 Å². The summed E-state index contributed by atoms with van der Waals surface area (Å²) in [6.45, 7) is 6.11. The maximum atomic E-state index is 13.0. The summed E-state index contributed by atoms with van der Waals surface area (Å²) in [5.41, 5.74) is 1.55. The molecule has 1 fully saturated rings. The molecule has 7 nitrogen and oxygen atoms in total. The number of rotatable bonds is 8. The molecule has 3 rings (SSSR count). The van der Waals surface area contributed by atoms with E-state index >= 15 is 0 Å². The second-order valence-corrected chi connectivity index (χ2v) is 7.99. The van der Waals surface area contributed by atoms with E-state index in [9.17, 15) is 4.79 Å². The predicted octanol–water partition coefficient (Wildman–Crippen LogP) is 4.79. The van der Waals surface area contributed by atoms with Crippen molar-refractivity contribution >= 4 is 23.4 Å². The minimum absolute atomic E-state index is 0.118. The van der Waals surface area contributed by atoms with E-state index in [1.807, 2.05) is 38.3 Å². The molecule has 1 amide bonds. The van der Waals surface area contributed by atoms with Crippen molar-refractivity contribution in [1.29, 1.82) is 0 Å². The lowest BCUT2D eigenvalue weighted by Crippen LogP contribution is -2.55. The standard InChI is InChI=1S/C24H35N5O2/c1-6-9-15-21(31-5)18(12-7-2)26-24-25-16-20-22(27-24)29(17-13-10-11-14-17)19(8-3)23(30)28(20)4/h7,9,12,15-17,19H,6,8,10-11,13-14H2,1-5H3,(H,25,26,27)/b12-7-,15-9-,21-18-. The number of hydrogen-bond acceptors (Lipinski definition) is 6. The first-order valence-corrected chi connectivity index (χ1v) is 11.3. The zero-order valence-corrected chi connectivity index (χ0v) is 19.4. The van der Waals surface area contributed by atoms with Gasteiger partial charge >= 0.3 is 0 Å². The first-order chi connectivity index (χ1) is 15.0. The Kier molecular flexibility index (Phi) is 7.71. The molecule has 1 saturated carbocycles. The molecule has 1 aromatic rings. The summed E-state index contributed by atoms with van der Waals surface area (Å²) < 4.78 is 5.58. The van der Waals surface area contributed by atoms with Gasteiger partial charge in [-0.3, -0.25) is 4.79 Å². The van der Waals surface area contributed by atoms with Gasteiger partial charge in [0.1, 0.15) is 17.5 Å². The van der Waals surface area contributed by atoms with Crippen molar-refractivity contribution in [2.75, 3.05) is 29.3 Å². The minimum Gasteiger partial charge on any atom is -0.495 e. The van der Waals surface area contributed by atoms with Crippen LogP contribution in [0.2, 0.25) is 0 Å². The van der Waals surface area contributed by atoms with Crippen LogP contribution in [0.15, 0.2) is 42.0 Å². The Bertz CT molecular complexity index is 871. The van der Waals surface area contributed by atoms with Gasteiger partial charge < -0.3 is 19.9 Å². The van der Waals surface area contributed by atoms with Gasteiger partial charge in [0.15, 0.2) is 5.82 Å². The molecule has 1 aliphatic carbocycles. The highest BCUT2D eigenvalue weighted by molar-refractivity contribution is 6.04. The molecule has 0 spiro atoms. The summed E-state index contributed by atoms with van der Waals surface area (Å²) in [5, 5.41) is 3.32. The van der Waals surface area contributed by atoms with Gasteiger partial charge in [-0.1, -0.05) is 38.8 Å². The van der Waals surface area contributed by atoms with E-state index < -0.39 is 0 Å². The quantitative estimate of drug-likeness (QED) is 0.477. The molecule has 31 heavy (non-hydrogen) atoms. The van der Waals surface area contributed by atoms with Crippen LogP contribution in [0.4, 0.5) is 17.5 Å². The van der Waals surface area contributed by atoms with E-state index in [4.69, 9.17) is 9.72 Å². The lowest BCUT2D eigenvalue weighted by Gasteiger charge is -2.43. The molecule has 2 heterocycles. The maximum absolute atomic E-state index is 13.0. The van der Waals surface area contributed by atoms with E-state index in [1.165, 1.54) is 12.8 Å². The molecule has 168 valence electrons. The normalized spacial score (nSPS) is 20.5. The number of allylic oxidation sites excluding steroid dienone is 4. The molecule has 0 saturated heterocycles. The number of hydrogen-bond donors (Lipinski definition) is 1. The Morgan fingerprint density at radius 3 is 2.65 bits per heavy atom. The number of anilines is 3. The summed E-state index contributed by atoms with van der Waals surface area (Å²) in [5.74, 6) is 2.16. The molecule has 0 radical (unpaired) electrons. The van der Waals surface area contributed by atoms with Gasteiger partial charge in [0.05, 0.1) is 19.0 Å². The highest BCUT2D eigenvalue weighted by Crippen LogP contribution is 2.39. The van der Waals surface area contributed by atoms with Gasteiger partial charge in [0, 0.05) is 13.1 Å².